The molecule has 0 saturated heterocycles. The second-order valence-electron chi connectivity index (χ2n) is 6.73. The summed E-state index contributed by atoms with van der Waals surface area (Å²) in [5, 5.41) is 7.22. The number of guanidine groups is 1. The van der Waals surface area contributed by atoms with Crippen molar-refractivity contribution in [2.45, 2.75) is 26.3 Å². The Labute approximate surface area is 196 Å². The maximum atomic E-state index is 6.37. The molecule has 0 aromatic heterocycles. The van der Waals surface area contributed by atoms with Gasteiger partial charge < -0.3 is 29.7 Å². The van der Waals surface area contributed by atoms with Crippen LogP contribution in [0.15, 0.2) is 17.1 Å². The number of likely N-dealkylation sites (N-methyl/N-ethyl adjacent to an activating group) is 1. The maximum absolute atomic E-state index is 6.37. The number of nitrogens with zero attached hydrogens (tertiary/aromatic N) is 2. The Morgan fingerprint density at radius 1 is 1.24 bits per heavy atom. The van der Waals surface area contributed by atoms with E-state index in [4.69, 9.17) is 25.8 Å². The molecule has 0 amide bonds. The summed E-state index contributed by atoms with van der Waals surface area (Å²) < 4.78 is 16.5. The molecular formula is C20H34ClIN4O3. The monoisotopic (exact) mass is 540 g/mol. The van der Waals surface area contributed by atoms with Gasteiger partial charge in [0.25, 0.3) is 0 Å². The minimum absolute atomic E-state index is 0. The van der Waals surface area contributed by atoms with Gasteiger partial charge in [-0.2, -0.15) is 0 Å². The van der Waals surface area contributed by atoms with Crippen LogP contribution in [-0.4, -0.2) is 71.0 Å². The second-order valence-corrected chi connectivity index (χ2v) is 7.13. The van der Waals surface area contributed by atoms with Crippen LogP contribution < -0.4 is 20.1 Å². The zero-order valence-corrected chi connectivity index (χ0v) is 20.7. The van der Waals surface area contributed by atoms with Gasteiger partial charge in [0.2, 0.25) is 0 Å². The summed E-state index contributed by atoms with van der Waals surface area (Å²) >= 11 is 6.37. The van der Waals surface area contributed by atoms with Gasteiger partial charge in [-0.25, -0.2) is 4.99 Å². The van der Waals surface area contributed by atoms with Gasteiger partial charge in [0.1, 0.15) is 0 Å². The van der Waals surface area contributed by atoms with Gasteiger partial charge in [-0.1, -0.05) is 11.6 Å². The molecule has 0 fully saturated rings. The van der Waals surface area contributed by atoms with Crippen LogP contribution in [0.1, 0.15) is 25.3 Å². The molecule has 29 heavy (non-hydrogen) atoms. The Morgan fingerprint density at radius 2 is 2.03 bits per heavy atom. The van der Waals surface area contributed by atoms with E-state index in [0.717, 1.165) is 57.2 Å². The normalized spacial score (nSPS) is 13.6. The lowest BCUT2D eigenvalue weighted by Crippen LogP contribution is -2.41. The fourth-order valence-electron chi connectivity index (χ4n) is 2.84. The average molecular weight is 541 g/mol. The molecule has 0 unspecified atom stereocenters. The van der Waals surface area contributed by atoms with Crippen LogP contribution in [0.2, 0.25) is 5.02 Å². The van der Waals surface area contributed by atoms with Gasteiger partial charge >= 0.3 is 0 Å². The van der Waals surface area contributed by atoms with E-state index >= 15 is 0 Å². The number of ether oxygens (including phenoxy) is 3. The molecule has 0 aliphatic carbocycles. The van der Waals surface area contributed by atoms with E-state index in [1.165, 1.54) is 0 Å². The quantitative estimate of drug-likeness (QED) is 0.206. The Kier molecular flexibility index (Phi) is 13.4. The first-order valence-corrected chi connectivity index (χ1v) is 10.3. The van der Waals surface area contributed by atoms with E-state index in [1.54, 1.807) is 7.11 Å². The van der Waals surface area contributed by atoms with Gasteiger partial charge in [0.05, 0.1) is 24.8 Å². The Hall–Kier alpha value is -0.970. The molecule has 1 heterocycles. The van der Waals surface area contributed by atoms with Crippen LogP contribution >= 0.6 is 35.6 Å². The van der Waals surface area contributed by atoms with E-state index in [1.807, 2.05) is 12.1 Å². The number of benzene rings is 1. The third-order valence-electron chi connectivity index (χ3n) is 4.30. The third-order valence-corrected chi connectivity index (χ3v) is 4.58. The second kappa shape index (κ2) is 14.9. The molecule has 2 rings (SSSR count). The summed E-state index contributed by atoms with van der Waals surface area (Å²) in [5.74, 6) is 2.12. The van der Waals surface area contributed by atoms with Crippen molar-refractivity contribution in [2.24, 2.45) is 4.99 Å². The number of methoxy groups -OCH3 is 1. The predicted octanol–water partition coefficient (Wildman–Crippen LogP) is 3.14. The van der Waals surface area contributed by atoms with E-state index in [0.29, 0.717) is 36.3 Å². The number of nitrogens with one attached hydrogen (secondary N) is 2. The summed E-state index contributed by atoms with van der Waals surface area (Å²) in [7, 11) is 3.85. The standard InChI is InChI=1S/C20H33ClN4O3.HI/c1-4-22-20(23-7-9-25(2)8-5-10-26-3)24-15-16-13-17(21)19-18(14-16)27-11-6-12-28-19;/h13-14H,4-12,15H2,1-3H3,(H2,22,23,24);1H. The molecule has 1 aliphatic rings. The van der Waals surface area contributed by atoms with Gasteiger partial charge in [-0.3, -0.25) is 0 Å². The summed E-state index contributed by atoms with van der Waals surface area (Å²) in [4.78, 5) is 6.95. The molecule has 166 valence electrons. The molecule has 2 N–H and O–H groups in total. The van der Waals surface area contributed by atoms with Crippen molar-refractivity contribution < 1.29 is 14.2 Å². The predicted molar refractivity (Wildman–Crippen MR) is 129 cm³/mol. The number of fused-ring (bicyclic) bond motifs is 1. The molecule has 1 aliphatic heterocycles. The van der Waals surface area contributed by atoms with Crippen LogP contribution in [0.5, 0.6) is 11.5 Å². The molecule has 0 atom stereocenters. The van der Waals surface area contributed by atoms with E-state index < -0.39 is 0 Å². The number of hydrogen-bond donors (Lipinski definition) is 2. The smallest absolute Gasteiger partial charge is 0.191 e. The molecule has 1 aromatic rings. The van der Waals surface area contributed by atoms with Gasteiger partial charge in [0, 0.05) is 46.3 Å². The SMILES string of the molecule is CCNC(=NCc1cc(Cl)c2c(c1)OCCCO2)NCCN(C)CCCOC.I. The van der Waals surface area contributed by atoms with E-state index in [9.17, 15) is 0 Å². The van der Waals surface area contributed by atoms with Crippen molar-refractivity contribution in [3.05, 3.63) is 22.7 Å². The highest BCUT2D eigenvalue weighted by Crippen LogP contribution is 2.38. The topological polar surface area (TPSA) is 67.4 Å². The van der Waals surface area contributed by atoms with Crippen molar-refractivity contribution in [3.63, 3.8) is 0 Å². The van der Waals surface area contributed by atoms with Gasteiger partial charge in [-0.15, -0.1) is 24.0 Å². The largest absolute Gasteiger partial charge is 0.489 e. The lowest BCUT2D eigenvalue weighted by atomic mass is 10.2. The maximum Gasteiger partial charge on any atom is 0.191 e. The summed E-state index contributed by atoms with van der Waals surface area (Å²) in [6, 6.07) is 3.86. The highest BCUT2D eigenvalue weighted by Gasteiger charge is 2.15. The molecule has 0 saturated carbocycles. The molecule has 9 heteroatoms. The van der Waals surface area contributed by atoms with E-state index in [2.05, 4.69) is 34.5 Å². The van der Waals surface area contributed by atoms with Crippen molar-refractivity contribution in [1.29, 1.82) is 0 Å². The molecule has 7 nitrogen and oxygen atoms in total. The molecule has 0 bridgehead atoms. The zero-order chi connectivity index (χ0) is 20.2. The first-order chi connectivity index (χ1) is 13.6. The Bertz CT molecular complexity index is 634. The fraction of sp³-hybridized carbons (Fsp3) is 0.650. The third kappa shape index (κ3) is 9.59. The Morgan fingerprint density at radius 3 is 2.79 bits per heavy atom. The molecular weight excluding hydrogens is 507 g/mol. The lowest BCUT2D eigenvalue weighted by Gasteiger charge is -2.18. The number of halogens is 2. The van der Waals surface area contributed by atoms with Gasteiger partial charge in [-0.05, 0) is 38.1 Å². The highest BCUT2D eigenvalue weighted by atomic mass is 127. The summed E-state index contributed by atoms with van der Waals surface area (Å²) in [6.45, 7) is 8.18. The summed E-state index contributed by atoms with van der Waals surface area (Å²) in [5.41, 5.74) is 0.989. The molecule has 0 radical (unpaired) electrons. The zero-order valence-electron chi connectivity index (χ0n) is 17.6. The van der Waals surface area contributed by atoms with Crippen molar-refractivity contribution >= 4 is 41.5 Å². The minimum Gasteiger partial charge on any atom is -0.489 e. The lowest BCUT2D eigenvalue weighted by molar-refractivity contribution is 0.180. The van der Waals surface area contributed by atoms with Crippen LogP contribution in [0.4, 0.5) is 0 Å². The van der Waals surface area contributed by atoms with Crippen LogP contribution in [0.3, 0.4) is 0 Å². The average Bonchev–Trinajstić information content (AvgIpc) is 2.92. The van der Waals surface area contributed by atoms with Crippen molar-refractivity contribution in [2.75, 3.05) is 60.2 Å². The molecule has 1 aromatic carbocycles. The van der Waals surface area contributed by atoms with Crippen molar-refractivity contribution in [1.82, 2.24) is 15.5 Å². The number of aliphatic imine (C=N–C) groups is 1. The van der Waals surface area contributed by atoms with Crippen LogP contribution in [-0.2, 0) is 11.3 Å². The van der Waals surface area contributed by atoms with Crippen molar-refractivity contribution in [3.8, 4) is 11.5 Å². The fourth-order valence-corrected chi connectivity index (χ4v) is 3.13. The highest BCUT2D eigenvalue weighted by molar-refractivity contribution is 14.0. The van der Waals surface area contributed by atoms with E-state index in [-0.39, 0.29) is 24.0 Å². The summed E-state index contributed by atoms with van der Waals surface area (Å²) in [6.07, 6.45) is 1.89. The first-order valence-electron chi connectivity index (χ1n) is 9.91. The number of hydrogen-bond acceptors (Lipinski definition) is 5. The van der Waals surface area contributed by atoms with Crippen LogP contribution in [0, 0.1) is 0 Å². The molecule has 0 spiro atoms. The van der Waals surface area contributed by atoms with Gasteiger partial charge in [0.15, 0.2) is 17.5 Å². The Balaban J connectivity index is 0.00000420. The first kappa shape index (κ1) is 26.1. The number of rotatable bonds is 10. The van der Waals surface area contributed by atoms with Crippen LogP contribution in [0.25, 0.3) is 0 Å². The minimum atomic E-state index is 0.